The quantitative estimate of drug-likeness (QED) is 0.0441. The van der Waals surface area contributed by atoms with E-state index in [0.717, 1.165) is 51.6 Å². The number of carboxylic acid groups (broad SMARTS) is 2. The van der Waals surface area contributed by atoms with Crippen molar-refractivity contribution in [1.82, 2.24) is 20.4 Å². The van der Waals surface area contributed by atoms with Crippen LogP contribution in [-0.2, 0) is 19.2 Å². The molecule has 0 aromatic heterocycles. The van der Waals surface area contributed by atoms with Gasteiger partial charge in [-0.3, -0.25) is 19.2 Å². The van der Waals surface area contributed by atoms with Crippen molar-refractivity contribution in [1.29, 1.82) is 0 Å². The maximum absolute atomic E-state index is 12.2. The van der Waals surface area contributed by atoms with E-state index in [0.29, 0.717) is 39.0 Å². The molecule has 2 amide bonds. The fraction of sp³-hybridized carbons (Fsp3) is 0.824. The number of nitrogens with zero attached hydrogens (tertiary/aromatic N) is 2. The van der Waals surface area contributed by atoms with Gasteiger partial charge in [-0.05, 0) is 39.0 Å². The largest absolute Gasteiger partial charge is 1.00 e. The van der Waals surface area contributed by atoms with Crippen LogP contribution in [0.4, 0.5) is 0 Å². The van der Waals surface area contributed by atoms with Gasteiger partial charge < -0.3 is 30.6 Å². The number of hydrogen-bond acceptors (Lipinski definition) is 6. The first-order valence-electron chi connectivity index (χ1n) is 17.5. The second-order valence-electron chi connectivity index (χ2n) is 11.9. The van der Waals surface area contributed by atoms with Gasteiger partial charge in [0, 0.05) is 25.9 Å². The van der Waals surface area contributed by atoms with E-state index >= 15 is 0 Å². The third-order valence-electron chi connectivity index (χ3n) is 7.72. The van der Waals surface area contributed by atoms with E-state index in [-0.39, 0.29) is 84.0 Å². The molecule has 12 heteroatoms. The van der Waals surface area contributed by atoms with E-state index in [2.05, 4.69) is 24.5 Å². The van der Waals surface area contributed by atoms with E-state index in [1.54, 1.807) is 9.80 Å². The van der Waals surface area contributed by atoms with E-state index < -0.39 is 11.9 Å². The Morgan fingerprint density at radius 2 is 0.761 bits per heavy atom. The summed E-state index contributed by atoms with van der Waals surface area (Å²) in [7, 11) is 0. The monoisotopic (exact) mass is 670 g/mol. The summed E-state index contributed by atoms with van der Waals surface area (Å²) in [5.74, 6) is -2.29. The molecule has 0 rings (SSSR count). The molecule has 258 valence electrons. The average Bonchev–Trinajstić information content (AvgIpc) is 2.97. The third kappa shape index (κ3) is 36.4. The van der Waals surface area contributed by atoms with Crippen molar-refractivity contribution in [2.24, 2.45) is 0 Å². The molecule has 10 nitrogen and oxygen atoms in total. The zero-order chi connectivity index (χ0) is 32.7. The molecule has 0 aliphatic rings. The molecule has 46 heavy (non-hydrogen) atoms. The van der Waals surface area contributed by atoms with Crippen LogP contribution in [0.15, 0.2) is 0 Å². The molecule has 0 bridgehead atoms. The Kier molecular flexibility index (Phi) is 40.5. The Hall–Kier alpha value is -0.460. The molecule has 0 atom stereocenters. The fourth-order valence-corrected chi connectivity index (χ4v) is 5.10. The molecule has 0 aliphatic carbocycles. The summed E-state index contributed by atoms with van der Waals surface area (Å²) in [6.45, 7) is 8.26. The topological polar surface area (TPSA) is 139 Å². The number of aliphatic carboxylic acids is 2. The van der Waals surface area contributed by atoms with Crippen LogP contribution in [0.5, 0.6) is 0 Å². The number of carbonyl (C=O) groups is 4. The number of amides is 2. The van der Waals surface area contributed by atoms with Gasteiger partial charge in [0.25, 0.3) is 0 Å². The van der Waals surface area contributed by atoms with Crippen LogP contribution in [-0.4, -0.2) is 83.0 Å². The Labute approximate surface area is 324 Å². The second kappa shape index (κ2) is 37.4. The molecule has 0 fully saturated rings. The van der Waals surface area contributed by atoms with Crippen LogP contribution in [0.2, 0.25) is 0 Å². The van der Waals surface area contributed by atoms with E-state index in [9.17, 15) is 29.4 Å². The molecule has 0 aromatic carbocycles. The number of hydrogen-bond donors (Lipinski definition) is 4. The van der Waals surface area contributed by atoms with Crippen LogP contribution < -0.4 is 69.7 Å². The maximum atomic E-state index is 12.2. The smallest absolute Gasteiger partial charge is 0.502 e. The minimum Gasteiger partial charge on any atom is -0.502 e. The van der Waals surface area contributed by atoms with Crippen molar-refractivity contribution in [2.45, 2.75) is 142 Å². The summed E-state index contributed by atoms with van der Waals surface area (Å²) in [6, 6.07) is 0. The SMILES string of the molecule is CCCCCCCCCCCC(=O)NCCN([CH-]C(=O)O)CCN([CH-]C(=O)O)CCNC(=O)CCCCCCCCCCC.[Na+].[Na+]. The molecular weight excluding hydrogens is 606 g/mol. The second-order valence-corrected chi connectivity index (χ2v) is 11.9. The van der Waals surface area contributed by atoms with E-state index in [1.807, 2.05) is 0 Å². The molecule has 0 unspecified atom stereocenters. The number of rotatable bonds is 33. The van der Waals surface area contributed by atoms with Crippen molar-refractivity contribution < 1.29 is 88.5 Å². The molecule has 4 N–H and O–H groups in total. The van der Waals surface area contributed by atoms with Gasteiger partial charge in [0.15, 0.2) is 11.9 Å². The Balaban J connectivity index is -0.00000924. The van der Waals surface area contributed by atoms with Gasteiger partial charge in [-0.2, -0.15) is 0 Å². The molecule has 0 saturated carbocycles. The average molecular weight is 671 g/mol. The molecule has 0 spiro atoms. The normalized spacial score (nSPS) is 10.6. The third-order valence-corrected chi connectivity index (χ3v) is 7.72. The summed E-state index contributed by atoms with van der Waals surface area (Å²) in [5.41, 5.74) is 0. The van der Waals surface area contributed by atoms with Crippen LogP contribution in [0.25, 0.3) is 0 Å². The van der Waals surface area contributed by atoms with Gasteiger partial charge in [-0.25, -0.2) is 13.1 Å². The first kappa shape index (κ1) is 49.9. The van der Waals surface area contributed by atoms with E-state index in [4.69, 9.17) is 0 Å². The van der Waals surface area contributed by atoms with Crippen molar-refractivity contribution in [3.8, 4) is 0 Å². The number of carboxylic acids is 2. The summed E-state index contributed by atoms with van der Waals surface area (Å²) in [6.07, 6.45) is 22.3. The number of carbonyl (C=O) groups excluding carboxylic acids is 2. The van der Waals surface area contributed by atoms with Gasteiger partial charge in [-0.15, -0.1) is 0 Å². The van der Waals surface area contributed by atoms with Crippen molar-refractivity contribution in [2.75, 3.05) is 39.3 Å². The van der Waals surface area contributed by atoms with Crippen molar-refractivity contribution in [3.05, 3.63) is 13.1 Å². The summed E-state index contributed by atoms with van der Waals surface area (Å²) >= 11 is 0. The molecule has 0 heterocycles. The Morgan fingerprint density at radius 1 is 0.478 bits per heavy atom. The minimum absolute atomic E-state index is 0. The predicted molar refractivity (Wildman–Crippen MR) is 177 cm³/mol. The molecule has 0 aliphatic heterocycles. The summed E-state index contributed by atoms with van der Waals surface area (Å²) in [4.78, 5) is 50.2. The Bertz CT molecular complexity index is 688. The van der Waals surface area contributed by atoms with Crippen LogP contribution >= 0.6 is 0 Å². The van der Waals surface area contributed by atoms with Crippen LogP contribution in [0.1, 0.15) is 142 Å². The van der Waals surface area contributed by atoms with Gasteiger partial charge in [-0.1, -0.05) is 117 Å². The zero-order valence-electron chi connectivity index (χ0n) is 30.0. The first-order valence-corrected chi connectivity index (χ1v) is 17.5. The predicted octanol–water partition coefficient (Wildman–Crippen LogP) is 0.165. The standard InChI is InChI=1S/C34H64N4O6.2Na/c1-3-5-7-9-11-13-15-17-19-21-31(39)35-23-25-37(29-33(41)42)27-28-38(30-34(43)44)26-24-36-32(40)22-20-18-16-14-12-10-8-6-4-2;;/h29-30H,3-28H2,1-2H3,(H,35,39)(H,36,40)(H,41,42)(H,43,44);;/q-2;2*+1. The van der Waals surface area contributed by atoms with Crippen molar-refractivity contribution >= 4 is 23.8 Å². The van der Waals surface area contributed by atoms with Crippen LogP contribution in [0, 0.1) is 13.1 Å². The molecule has 0 aromatic rings. The molecule has 0 saturated heterocycles. The number of nitrogens with one attached hydrogen (secondary N) is 2. The van der Waals surface area contributed by atoms with Gasteiger partial charge >= 0.3 is 59.1 Å². The van der Waals surface area contributed by atoms with Crippen LogP contribution in [0.3, 0.4) is 0 Å². The fourth-order valence-electron chi connectivity index (χ4n) is 5.10. The number of unbranched alkanes of at least 4 members (excludes halogenated alkanes) is 16. The van der Waals surface area contributed by atoms with Gasteiger partial charge in [0.1, 0.15) is 0 Å². The summed E-state index contributed by atoms with van der Waals surface area (Å²) < 4.78 is 0. The van der Waals surface area contributed by atoms with E-state index in [1.165, 1.54) is 77.0 Å². The molecule has 0 radical (unpaired) electrons. The Morgan fingerprint density at radius 3 is 1.04 bits per heavy atom. The zero-order valence-corrected chi connectivity index (χ0v) is 34.0. The van der Waals surface area contributed by atoms with Crippen molar-refractivity contribution in [3.63, 3.8) is 0 Å². The first-order chi connectivity index (χ1) is 21.3. The maximum Gasteiger partial charge on any atom is 1.00 e. The van der Waals surface area contributed by atoms with Gasteiger partial charge in [0.05, 0.1) is 0 Å². The van der Waals surface area contributed by atoms with Gasteiger partial charge in [0.2, 0.25) is 11.8 Å². The summed E-state index contributed by atoms with van der Waals surface area (Å²) in [5, 5.41) is 24.3. The minimum atomic E-state index is -1.11. The molecular formula is C34H64N4Na2O6.